The summed E-state index contributed by atoms with van der Waals surface area (Å²) in [4.78, 5) is 24.3. The van der Waals surface area contributed by atoms with E-state index in [-0.39, 0.29) is 12.3 Å². The van der Waals surface area contributed by atoms with Crippen molar-refractivity contribution in [3.8, 4) is 17.3 Å². The number of carbonyl (C=O) groups is 1. The highest BCUT2D eigenvalue weighted by Crippen LogP contribution is 2.35. The molecule has 0 N–H and O–H groups in total. The third-order valence-corrected chi connectivity index (χ3v) is 5.62. The molecule has 0 aromatic carbocycles. The van der Waals surface area contributed by atoms with Gasteiger partial charge in [0.25, 0.3) is 0 Å². The monoisotopic (exact) mass is 434 g/mol. The maximum absolute atomic E-state index is 11.0. The number of rotatable bonds is 6. The van der Waals surface area contributed by atoms with Crippen molar-refractivity contribution in [2.75, 3.05) is 6.61 Å². The highest BCUT2D eigenvalue weighted by molar-refractivity contribution is 5.72. The Kier molecular flexibility index (Phi) is 5.57. The van der Waals surface area contributed by atoms with Crippen molar-refractivity contribution in [1.82, 2.24) is 29.3 Å². The molecule has 2 aliphatic rings. The van der Waals surface area contributed by atoms with E-state index in [0.29, 0.717) is 29.3 Å². The standard InChI is InChI=1S/C23H26N6O3/c1-15(2)32-17-6-7-19-18(11-17)22(27-29(19)21-5-3-4-10-31-21)23-24-9-8-20(26-23)28-12-16(13-30)25-14-28/h8-9,11-15,21H,3-7,10H2,1-2H3. The van der Waals surface area contributed by atoms with Crippen LogP contribution in [0.25, 0.3) is 23.4 Å². The number of hydrogen-bond donors (Lipinski definition) is 0. The first-order chi connectivity index (χ1) is 15.6. The zero-order valence-electron chi connectivity index (χ0n) is 18.3. The lowest BCUT2D eigenvalue weighted by Crippen LogP contribution is -2.22. The summed E-state index contributed by atoms with van der Waals surface area (Å²) in [6.45, 7) is 4.81. The van der Waals surface area contributed by atoms with Crippen LogP contribution in [0.4, 0.5) is 0 Å². The van der Waals surface area contributed by atoms with E-state index in [1.54, 1.807) is 29.4 Å². The van der Waals surface area contributed by atoms with Crippen molar-refractivity contribution in [1.29, 1.82) is 0 Å². The van der Waals surface area contributed by atoms with Crippen LogP contribution >= 0.6 is 0 Å². The van der Waals surface area contributed by atoms with Gasteiger partial charge in [-0.15, -0.1) is 0 Å². The normalized spacial score (nSPS) is 18.3. The molecule has 9 nitrogen and oxygen atoms in total. The number of hydrogen-bond acceptors (Lipinski definition) is 7. The summed E-state index contributed by atoms with van der Waals surface area (Å²) < 4.78 is 15.8. The minimum Gasteiger partial charge on any atom is -0.495 e. The summed E-state index contributed by atoms with van der Waals surface area (Å²) in [5, 5.41) is 4.94. The molecule has 3 aromatic heterocycles. The van der Waals surface area contributed by atoms with Crippen LogP contribution in [-0.2, 0) is 15.9 Å². The van der Waals surface area contributed by atoms with Crippen LogP contribution in [0.3, 0.4) is 0 Å². The minimum atomic E-state index is -0.0702. The molecule has 1 atom stereocenters. The van der Waals surface area contributed by atoms with Crippen LogP contribution in [0.1, 0.15) is 67.5 Å². The van der Waals surface area contributed by atoms with Crippen LogP contribution in [0, 0.1) is 0 Å². The molecular weight excluding hydrogens is 408 g/mol. The van der Waals surface area contributed by atoms with E-state index in [4.69, 9.17) is 19.6 Å². The molecular formula is C23H26N6O3. The van der Waals surface area contributed by atoms with E-state index in [9.17, 15) is 4.79 Å². The van der Waals surface area contributed by atoms with Gasteiger partial charge < -0.3 is 9.47 Å². The van der Waals surface area contributed by atoms with Gasteiger partial charge in [-0.1, -0.05) is 0 Å². The van der Waals surface area contributed by atoms with Crippen molar-refractivity contribution < 1.29 is 14.3 Å². The molecule has 166 valence electrons. The molecule has 0 saturated carbocycles. The highest BCUT2D eigenvalue weighted by Gasteiger charge is 2.29. The molecule has 0 radical (unpaired) electrons. The molecule has 32 heavy (non-hydrogen) atoms. The Balaban J connectivity index is 1.59. The fraction of sp³-hybridized carbons (Fsp3) is 0.435. The summed E-state index contributed by atoms with van der Waals surface area (Å²) in [5.74, 6) is 2.07. The molecule has 1 aliphatic carbocycles. The molecule has 9 heteroatoms. The van der Waals surface area contributed by atoms with E-state index in [1.807, 2.05) is 18.5 Å². The zero-order chi connectivity index (χ0) is 22.1. The molecule has 5 rings (SSSR count). The van der Waals surface area contributed by atoms with Crippen molar-refractivity contribution in [2.45, 2.75) is 58.3 Å². The van der Waals surface area contributed by atoms with Crippen LogP contribution < -0.4 is 0 Å². The van der Waals surface area contributed by atoms with Crippen molar-refractivity contribution in [2.24, 2.45) is 0 Å². The average molecular weight is 435 g/mol. The van der Waals surface area contributed by atoms with Gasteiger partial charge in [-0.25, -0.2) is 19.6 Å². The van der Waals surface area contributed by atoms with Gasteiger partial charge in [0.15, 0.2) is 18.3 Å². The van der Waals surface area contributed by atoms with Gasteiger partial charge in [0.2, 0.25) is 0 Å². The molecule has 1 fully saturated rings. The molecule has 4 heterocycles. The first-order valence-corrected chi connectivity index (χ1v) is 11.1. The van der Waals surface area contributed by atoms with E-state index >= 15 is 0 Å². The van der Waals surface area contributed by atoms with Crippen LogP contribution in [0.2, 0.25) is 0 Å². The van der Waals surface area contributed by atoms with Crippen LogP contribution in [0.15, 0.2) is 30.5 Å². The number of allylic oxidation sites excluding steroid dienone is 1. The molecule has 3 aromatic rings. The van der Waals surface area contributed by atoms with Gasteiger partial charge >= 0.3 is 0 Å². The predicted octanol–water partition coefficient (Wildman–Crippen LogP) is 3.75. The van der Waals surface area contributed by atoms with E-state index in [0.717, 1.165) is 55.7 Å². The molecule has 1 unspecified atom stereocenters. The Morgan fingerprint density at radius 1 is 1.25 bits per heavy atom. The number of fused-ring (bicyclic) bond motifs is 1. The summed E-state index contributed by atoms with van der Waals surface area (Å²) in [6, 6.07) is 1.77. The lowest BCUT2D eigenvalue weighted by atomic mass is 10.00. The fourth-order valence-corrected chi connectivity index (χ4v) is 4.20. The molecule has 0 spiro atoms. The zero-order valence-corrected chi connectivity index (χ0v) is 18.3. The second-order valence-corrected chi connectivity index (χ2v) is 8.31. The summed E-state index contributed by atoms with van der Waals surface area (Å²) in [7, 11) is 0. The van der Waals surface area contributed by atoms with Crippen molar-refractivity contribution in [3.05, 3.63) is 47.5 Å². The first-order valence-electron chi connectivity index (χ1n) is 11.1. The van der Waals surface area contributed by atoms with Gasteiger partial charge in [0.05, 0.1) is 17.6 Å². The Morgan fingerprint density at radius 2 is 2.16 bits per heavy atom. The maximum Gasteiger partial charge on any atom is 0.182 e. The van der Waals surface area contributed by atoms with Gasteiger partial charge in [-0.2, -0.15) is 5.10 Å². The van der Waals surface area contributed by atoms with Gasteiger partial charge in [-0.3, -0.25) is 9.36 Å². The van der Waals surface area contributed by atoms with Gasteiger partial charge in [0.1, 0.15) is 23.5 Å². The van der Waals surface area contributed by atoms with Crippen LogP contribution in [-0.4, -0.2) is 48.3 Å². The smallest absolute Gasteiger partial charge is 0.182 e. The average Bonchev–Trinajstić information content (AvgIpc) is 3.44. The van der Waals surface area contributed by atoms with Crippen molar-refractivity contribution in [3.63, 3.8) is 0 Å². The van der Waals surface area contributed by atoms with E-state index in [2.05, 4.69) is 16.0 Å². The Bertz CT molecular complexity index is 1160. The Labute approximate surface area is 186 Å². The van der Waals surface area contributed by atoms with E-state index in [1.165, 1.54) is 0 Å². The lowest BCUT2D eigenvalue weighted by Gasteiger charge is -2.26. The summed E-state index contributed by atoms with van der Waals surface area (Å²) in [5.41, 5.74) is 3.16. The predicted molar refractivity (Wildman–Crippen MR) is 117 cm³/mol. The Morgan fingerprint density at radius 3 is 2.91 bits per heavy atom. The number of imidazole rings is 1. The first kappa shape index (κ1) is 20.6. The third kappa shape index (κ3) is 3.95. The molecule has 1 aliphatic heterocycles. The largest absolute Gasteiger partial charge is 0.495 e. The summed E-state index contributed by atoms with van der Waals surface area (Å²) in [6.07, 6.45) is 12.5. The maximum atomic E-state index is 11.0. The Hall–Kier alpha value is -3.33. The fourth-order valence-electron chi connectivity index (χ4n) is 4.20. The highest BCUT2D eigenvalue weighted by atomic mass is 16.5. The van der Waals surface area contributed by atoms with Gasteiger partial charge in [-0.05, 0) is 51.7 Å². The minimum absolute atomic E-state index is 0.0702. The number of aldehydes is 1. The molecule has 0 amide bonds. The van der Waals surface area contributed by atoms with Gasteiger partial charge in [0, 0.05) is 31.0 Å². The van der Waals surface area contributed by atoms with Crippen LogP contribution in [0.5, 0.6) is 0 Å². The lowest BCUT2D eigenvalue weighted by molar-refractivity contribution is -0.0411. The SMILES string of the molecule is CC(C)OC1=Cc2c(-c3nccc(-n4cnc(C=O)c4)n3)nn(C3CCCCO3)c2CC1. The molecule has 1 saturated heterocycles. The van der Waals surface area contributed by atoms with E-state index < -0.39 is 0 Å². The second-order valence-electron chi connectivity index (χ2n) is 8.31. The number of carbonyl (C=O) groups excluding carboxylic acids is 1. The third-order valence-electron chi connectivity index (χ3n) is 5.62. The van der Waals surface area contributed by atoms with Crippen molar-refractivity contribution >= 4 is 12.4 Å². The second kappa shape index (κ2) is 8.66. The molecule has 0 bridgehead atoms. The number of aromatic nitrogens is 6. The quantitative estimate of drug-likeness (QED) is 0.545. The topological polar surface area (TPSA) is 97.0 Å². The summed E-state index contributed by atoms with van der Waals surface area (Å²) >= 11 is 0. The number of nitrogens with zero attached hydrogens (tertiary/aromatic N) is 6. The number of ether oxygens (including phenoxy) is 2.